The first-order valence-corrected chi connectivity index (χ1v) is 4.97. The Balaban J connectivity index is 2.04. The Hall–Kier alpha value is -0.120. The first kappa shape index (κ1) is 8.48. The molecule has 2 rings (SSSR count). The molecule has 0 spiro atoms. The Morgan fingerprint density at radius 3 is 2.75 bits per heavy atom. The molecule has 2 unspecified atom stereocenters. The van der Waals surface area contributed by atoms with Crippen molar-refractivity contribution in [2.75, 3.05) is 19.7 Å². The predicted molar refractivity (Wildman–Crippen MR) is 48.1 cm³/mol. The summed E-state index contributed by atoms with van der Waals surface area (Å²) in [5.41, 5.74) is 0.0104. The molecule has 0 saturated carbocycles. The highest BCUT2D eigenvalue weighted by molar-refractivity contribution is 5.03. The van der Waals surface area contributed by atoms with Gasteiger partial charge in [-0.15, -0.1) is 0 Å². The van der Waals surface area contributed by atoms with Gasteiger partial charge in [0.05, 0.1) is 12.1 Å². The minimum absolute atomic E-state index is 0.0104. The van der Waals surface area contributed by atoms with Crippen molar-refractivity contribution in [3.05, 3.63) is 0 Å². The molecule has 3 nitrogen and oxygen atoms in total. The zero-order valence-electron chi connectivity index (χ0n) is 7.47. The molecule has 0 aliphatic carbocycles. The molecule has 0 amide bonds. The van der Waals surface area contributed by atoms with Crippen molar-refractivity contribution in [2.45, 2.75) is 37.3 Å². The normalized spacial score (nSPS) is 42.2. The zero-order valence-corrected chi connectivity index (χ0v) is 7.47. The van der Waals surface area contributed by atoms with E-state index in [0.29, 0.717) is 6.04 Å². The van der Waals surface area contributed by atoms with Gasteiger partial charge in [-0.3, -0.25) is 0 Å². The van der Waals surface area contributed by atoms with Crippen LogP contribution >= 0.6 is 0 Å². The van der Waals surface area contributed by atoms with Crippen LogP contribution in [0, 0.1) is 0 Å². The van der Waals surface area contributed by atoms with Gasteiger partial charge in [-0.05, 0) is 38.8 Å². The monoisotopic (exact) mass is 170 g/mol. The van der Waals surface area contributed by atoms with E-state index in [2.05, 4.69) is 10.6 Å². The van der Waals surface area contributed by atoms with E-state index >= 15 is 0 Å². The molecule has 3 N–H and O–H groups in total. The van der Waals surface area contributed by atoms with Gasteiger partial charge in [0.2, 0.25) is 0 Å². The maximum Gasteiger partial charge on any atom is 0.0628 e. The average Bonchev–Trinajstić information content (AvgIpc) is 2.76. The van der Waals surface area contributed by atoms with Crippen LogP contribution < -0.4 is 10.6 Å². The van der Waals surface area contributed by atoms with Gasteiger partial charge < -0.3 is 15.7 Å². The highest BCUT2D eigenvalue weighted by Crippen LogP contribution is 2.27. The lowest BCUT2D eigenvalue weighted by molar-refractivity contribution is 0.145. The van der Waals surface area contributed by atoms with Gasteiger partial charge in [-0.1, -0.05) is 0 Å². The van der Waals surface area contributed by atoms with Crippen LogP contribution in [-0.2, 0) is 0 Å². The number of rotatable bonds is 2. The van der Waals surface area contributed by atoms with E-state index in [1.807, 2.05) is 0 Å². The first-order valence-electron chi connectivity index (χ1n) is 4.97. The molecule has 12 heavy (non-hydrogen) atoms. The topological polar surface area (TPSA) is 44.3 Å². The average molecular weight is 170 g/mol. The van der Waals surface area contributed by atoms with Crippen LogP contribution in [-0.4, -0.2) is 36.4 Å². The van der Waals surface area contributed by atoms with Gasteiger partial charge in [-0.25, -0.2) is 0 Å². The standard InChI is InChI=1S/C9H18N2O/c12-7-9(4-2-6-11-9)8-3-1-5-10-8/h8,10-12H,1-7H2. The third-order valence-electron chi connectivity index (χ3n) is 3.29. The van der Waals surface area contributed by atoms with Crippen molar-refractivity contribution in [1.29, 1.82) is 0 Å². The Kier molecular flexibility index (Phi) is 2.35. The molecule has 0 bridgehead atoms. The molecule has 0 aromatic rings. The lowest BCUT2D eigenvalue weighted by Gasteiger charge is -2.33. The van der Waals surface area contributed by atoms with Gasteiger partial charge in [0.1, 0.15) is 0 Å². The van der Waals surface area contributed by atoms with Crippen LogP contribution in [0.15, 0.2) is 0 Å². The number of aliphatic hydroxyl groups excluding tert-OH is 1. The molecule has 3 heteroatoms. The Bertz CT molecular complexity index is 149. The molecule has 0 radical (unpaired) electrons. The Morgan fingerprint density at radius 1 is 1.33 bits per heavy atom. The third-order valence-corrected chi connectivity index (χ3v) is 3.29. The maximum absolute atomic E-state index is 9.37. The van der Waals surface area contributed by atoms with Gasteiger partial charge >= 0.3 is 0 Å². The summed E-state index contributed by atoms with van der Waals surface area (Å²) in [5.74, 6) is 0. The molecule has 2 aliphatic rings. The molecule has 2 fully saturated rings. The molecular formula is C9H18N2O. The van der Waals surface area contributed by atoms with E-state index in [1.165, 1.54) is 19.3 Å². The first-order chi connectivity index (χ1) is 5.87. The molecule has 2 heterocycles. The lowest BCUT2D eigenvalue weighted by atomic mass is 9.88. The predicted octanol–water partition coefficient (Wildman–Crippen LogP) is -0.147. The second kappa shape index (κ2) is 3.32. The van der Waals surface area contributed by atoms with Gasteiger partial charge in [0, 0.05) is 6.04 Å². The van der Waals surface area contributed by atoms with Crippen LogP contribution in [0.4, 0.5) is 0 Å². The van der Waals surface area contributed by atoms with Gasteiger partial charge in [-0.2, -0.15) is 0 Å². The van der Waals surface area contributed by atoms with Crippen LogP contribution in [0.2, 0.25) is 0 Å². The third kappa shape index (κ3) is 1.26. The Labute approximate surface area is 73.5 Å². The minimum Gasteiger partial charge on any atom is -0.394 e. The number of aliphatic hydroxyl groups is 1. The van der Waals surface area contributed by atoms with Crippen molar-refractivity contribution in [3.63, 3.8) is 0 Å². The summed E-state index contributed by atoms with van der Waals surface area (Å²) in [6.07, 6.45) is 4.81. The Morgan fingerprint density at radius 2 is 2.25 bits per heavy atom. The van der Waals surface area contributed by atoms with Crippen LogP contribution in [0.25, 0.3) is 0 Å². The van der Waals surface area contributed by atoms with E-state index in [-0.39, 0.29) is 12.1 Å². The highest BCUT2D eigenvalue weighted by atomic mass is 16.3. The van der Waals surface area contributed by atoms with E-state index in [0.717, 1.165) is 19.5 Å². The van der Waals surface area contributed by atoms with E-state index in [9.17, 15) is 5.11 Å². The summed E-state index contributed by atoms with van der Waals surface area (Å²) in [7, 11) is 0. The number of hydrogen-bond donors (Lipinski definition) is 3. The van der Waals surface area contributed by atoms with E-state index < -0.39 is 0 Å². The molecule has 0 aromatic heterocycles. The van der Waals surface area contributed by atoms with Crippen molar-refractivity contribution in [1.82, 2.24) is 10.6 Å². The summed E-state index contributed by atoms with van der Waals surface area (Å²) in [6, 6.07) is 0.505. The summed E-state index contributed by atoms with van der Waals surface area (Å²) in [5, 5.41) is 16.3. The lowest BCUT2D eigenvalue weighted by Crippen LogP contribution is -2.57. The second-order valence-electron chi connectivity index (χ2n) is 3.99. The fourth-order valence-electron chi connectivity index (χ4n) is 2.53. The van der Waals surface area contributed by atoms with Crippen molar-refractivity contribution in [3.8, 4) is 0 Å². The van der Waals surface area contributed by atoms with Gasteiger partial charge in [0.15, 0.2) is 0 Å². The molecule has 2 atom stereocenters. The smallest absolute Gasteiger partial charge is 0.0628 e. The number of nitrogens with one attached hydrogen (secondary N) is 2. The summed E-state index contributed by atoms with van der Waals surface area (Å²) < 4.78 is 0. The molecule has 2 saturated heterocycles. The minimum atomic E-state index is 0.0104. The molecular weight excluding hydrogens is 152 g/mol. The fraction of sp³-hybridized carbons (Fsp3) is 1.00. The number of hydrogen-bond acceptors (Lipinski definition) is 3. The van der Waals surface area contributed by atoms with Crippen molar-refractivity contribution < 1.29 is 5.11 Å². The quantitative estimate of drug-likeness (QED) is 0.540. The van der Waals surface area contributed by atoms with E-state index in [1.54, 1.807) is 0 Å². The zero-order chi connectivity index (χ0) is 8.44. The summed E-state index contributed by atoms with van der Waals surface area (Å²) in [4.78, 5) is 0. The molecule has 2 aliphatic heterocycles. The SMILES string of the molecule is OCC1(C2CCCN2)CCCN1. The second-order valence-corrected chi connectivity index (χ2v) is 3.99. The van der Waals surface area contributed by atoms with E-state index in [4.69, 9.17) is 0 Å². The van der Waals surface area contributed by atoms with Crippen LogP contribution in [0.5, 0.6) is 0 Å². The molecule has 70 valence electrons. The van der Waals surface area contributed by atoms with Crippen LogP contribution in [0.1, 0.15) is 25.7 Å². The van der Waals surface area contributed by atoms with Crippen LogP contribution in [0.3, 0.4) is 0 Å². The molecule has 0 aromatic carbocycles. The highest BCUT2D eigenvalue weighted by Gasteiger charge is 2.41. The largest absolute Gasteiger partial charge is 0.394 e. The fourth-order valence-corrected chi connectivity index (χ4v) is 2.53. The summed E-state index contributed by atoms with van der Waals surface area (Å²) >= 11 is 0. The van der Waals surface area contributed by atoms with Crippen molar-refractivity contribution >= 4 is 0 Å². The maximum atomic E-state index is 9.37. The van der Waals surface area contributed by atoms with Crippen molar-refractivity contribution in [2.24, 2.45) is 0 Å². The van der Waals surface area contributed by atoms with Gasteiger partial charge in [0.25, 0.3) is 0 Å². The summed E-state index contributed by atoms with van der Waals surface area (Å²) in [6.45, 7) is 2.47.